The van der Waals surface area contributed by atoms with E-state index in [-0.39, 0.29) is 17.0 Å². The summed E-state index contributed by atoms with van der Waals surface area (Å²) in [5.74, 6) is 0.861. The summed E-state index contributed by atoms with van der Waals surface area (Å²) in [6, 6.07) is 7.36. The molecule has 3 nitrogen and oxygen atoms in total. The maximum Gasteiger partial charge on any atom is 0.150 e. The smallest absolute Gasteiger partial charge is 0.150 e. The van der Waals surface area contributed by atoms with Crippen molar-refractivity contribution >= 4 is 6.29 Å². The molecule has 0 aliphatic carbocycles. The lowest BCUT2D eigenvalue weighted by Crippen LogP contribution is -3.00. The van der Waals surface area contributed by atoms with E-state index in [2.05, 4.69) is 21.0 Å². The Morgan fingerprint density at radius 3 is 1.46 bits per heavy atom. The van der Waals surface area contributed by atoms with Gasteiger partial charge in [-0.3, -0.25) is 4.79 Å². The van der Waals surface area contributed by atoms with Gasteiger partial charge >= 0.3 is 0 Å². The van der Waals surface area contributed by atoms with Crippen molar-refractivity contribution in [1.29, 1.82) is 0 Å². The molecular weight excluding hydrogens is 498 g/mol. The lowest BCUT2D eigenvalue weighted by Gasteiger charge is -2.30. The SMILES string of the molecule is CCCCCCCCCCCC[N+](C)(C)CCCCCCCCCCOc1ccc(C=O)cc1.[Br-]. The number of hydrogen-bond acceptors (Lipinski definition) is 2. The van der Waals surface area contributed by atoms with Crippen LogP contribution in [-0.2, 0) is 0 Å². The number of unbranched alkanes of at least 4 members (excludes halogenated alkanes) is 16. The molecule has 35 heavy (non-hydrogen) atoms. The second-order valence-electron chi connectivity index (χ2n) is 10.9. The van der Waals surface area contributed by atoms with Crippen LogP contribution in [0.4, 0.5) is 0 Å². The molecule has 0 heterocycles. The van der Waals surface area contributed by atoms with Gasteiger partial charge in [0.15, 0.2) is 0 Å². The number of quaternary nitrogens is 1. The molecule has 0 fully saturated rings. The fourth-order valence-corrected chi connectivity index (χ4v) is 4.67. The largest absolute Gasteiger partial charge is 1.00 e. The maximum atomic E-state index is 10.7. The van der Waals surface area contributed by atoms with E-state index in [9.17, 15) is 4.79 Å². The third-order valence-corrected chi connectivity index (χ3v) is 7.06. The molecule has 204 valence electrons. The molecule has 0 bridgehead atoms. The molecule has 1 aromatic rings. The van der Waals surface area contributed by atoms with Crippen LogP contribution >= 0.6 is 0 Å². The molecule has 0 unspecified atom stereocenters. The Labute approximate surface area is 228 Å². The van der Waals surface area contributed by atoms with E-state index in [1.807, 2.05) is 12.1 Å². The Bertz CT molecular complexity index is 588. The summed E-state index contributed by atoms with van der Waals surface area (Å²) < 4.78 is 6.95. The highest BCUT2D eigenvalue weighted by molar-refractivity contribution is 5.74. The molecular formula is C31H56BrNO2. The summed E-state index contributed by atoms with van der Waals surface area (Å²) >= 11 is 0. The molecule has 4 heteroatoms. The van der Waals surface area contributed by atoms with Gasteiger partial charge < -0.3 is 26.2 Å². The van der Waals surface area contributed by atoms with Crippen LogP contribution in [-0.4, -0.2) is 44.6 Å². The summed E-state index contributed by atoms with van der Waals surface area (Å²) in [4.78, 5) is 10.7. The minimum absolute atomic E-state index is 0. The van der Waals surface area contributed by atoms with Gasteiger partial charge in [0, 0.05) is 5.56 Å². The first-order chi connectivity index (χ1) is 16.6. The number of hydrogen-bond donors (Lipinski definition) is 0. The number of nitrogens with zero attached hydrogens (tertiary/aromatic N) is 1. The lowest BCUT2D eigenvalue weighted by atomic mass is 10.1. The van der Waals surface area contributed by atoms with Crippen LogP contribution in [0.1, 0.15) is 133 Å². The topological polar surface area (TPSA) is 26.3 Å². The van der Waals surface area contributed by atoms with Crippen molar-refractivity contribution in [1.82, 2.24) is 0 Å². The van der Waals surface area contributed by atoms with E-state index in [1.165, 1.54) is 127 Å². The molecule has 0 aromatic heterocycles. The molecule has 0 spiro atoms. The average Bonchev–Trinajstić information content (AvgIpc) is 2.84. The van der Waals surface area contributed by atoms with E-state index in [0.717, 1.165) is 25.1 Å². The van der Waals surface area contributed by atoms with Crippen molar-refractivity contribution in [3.05, 3.63) is 29.8 Å². The summed E-state index contributed by atoms with van der Waals surface area (Å²) in [5.41, 5.74) is 0.698. The fourth-order valence-electron chi connectivity index (χ4n) is 4.67. The van der Waals surface area contributed by atoms with Gasteiger partial charge in [-0.1, -0.05) is 90.4 Å². The molecule has 0 aliphatic rings. The Balaban J connectivity index is 0.0000116. The van der Waals surface area contributed by atoms with Crippen LogP contribution < -0.4 is 21.7 Å². The summed E-state index contributed by atoms with van der Waals surface area (Å²) in [7, 11) is 4.85. The van der Waals surface area contributed by atoms with E-state index < -0.39 is 0 Å². The number of halogens is 1. The first kappa shape index (κ1) is 34.1. The molecule has 0 aliphatic heterocycles. The highest BCUT2D eigenvalue weighted by Gasteiger charge is 2.13. The van der Waals surface area contributed by atoms with E-state index >= 15 is 0 Å². The molecule has 0 saturated carbocycles. The normalized spacial score (nSPS) is 11.3. The molecule has 1 aromatic carbocycles. The van der Waals surface area contributed by atoms with Crippen LogP contribution in [0.3, 0.4) is 0 Å². The number of ether oxygens (including phenoxy) is 1. The summed E-state index contributed by atoms with van der Waals surface area (Å²) in [6.45, 7) is 5.75. The summed E-state index contributed by atoms with van der Waals surface area (Å²) in [5, 5.41) is 0. The standard InChI is InChI=1S/C31H56NO2.BrH/c1-4-5-6-7-8-9-10-13-16-19-26-32(2,3)27-20-17-14-11-12-15-18-21-28-34-31-24-22-30(29-33)23-25-31;/h22-25,29H,4-21,26-28H2,1-3H3;1H/q+1;/p-1. The zero-order chi connectivity index (χ0) is 24.7. The first-order valence-corrected chi connectivity index (χ1v) is 14.6. The van der Waals surface area contributed by atoms with Crippen molar-refractivity contribution in [3.8, 4) is 5.75 Å². The number of aldehydes is 1. The minimum Gasteiger partial charge on any atom is -1.00 e. The fraction of sp³-hybridized carbons (Fsp3) is 0.774. The van der Waals surface area contributed by atoms with Crippen LogP contribution in [0.2, 0.25) is 0 Å². The third kappa shape index (κ3) is 21.0. The molecule has 0 atom stereocenters. The van der Waals surface area contributed by atoms with Crippen LogP contribution in [0.5, 0.6) is 5.75 Å². The monoisotopic (exact) mass is 553 g/mol. The Morgan fingerprint density at radius 2 is 1.03 bits per heavy atom. The Morgan fingerprint density at radius 1 is 0.629 bits per heavy atom. The van der Waals surface area contributed by atoms with Gasteiger partial charge in [-0.25, -0.2) is 0 Å². The number of carbonyl (C=O) groups excluding carboxylic acids is 1. The van der Waals surface area contributed by atoms with Gasteiger partial charge in [-0.2, -0.15) is 0 Å². The minimum atomic E-state index is 0. The number of carbonyl (C=O) groups is 1. The second-order valence-corrected chi connectivity index (χ2v) is 10.9. The molecule has 0 saturated heterocycles. The Hall–Kier alpha value is -0.870. The number of benzene rings is 1. The van der Waals surface area contributed by atoms with E-state index in [4.69, 9.17) is 4.74 Å². The van der Waals surface area contributed by atoms with Gasteiger partial charge in [-0.15, -0.1) is 0 Å². The predicted molar refractivity (Wildman–Crippen MR) is 148 cm³/mol. The highest BCUT2D eigenvalue weighted by atomic mass is 79.9. The van der Waals surface area contributed by atoms with Crippen molar-refractivity contribution in [2.45, 2.75) is 122 Å². The first-order valence-electron chi connectivity index (χ1n) is 14.6. The van der Waals surface area contributed by atoms with Gasteiger partial charge in [0.25, 0.3) is 0 Å². The van der Waals surface area contributed by atoms with Gasteiger partial charge in [-0.05, 0) is 56.4 Å². The average molecular weight is 555 g/mol. The molecule has 0 N–H and O–H groups in total. The van der Waals surface area contributed by atoms with Gasteiger partial charge in [0.2, 0.25) is 0 Å². The van der Waals surface area contributed by atoms with Crippen LogP contribution in [0, 0.1) is 0 Å². The predicted octanol–water partition coefficient (Wildman–Crippen LogP) is 6.00. The lowest BCUT2D eigenvalue weighted by molar-refractivity contribution is -0.890. The van der Waals surface area contributed by atoms with E-state index in [1.54, 1.807) is 12.1 Å². The quantitative estimate of drug-likeness (QED) is 0.0890. The highest BCUT2D eigenvalue weighted by Crippen LogP contribution is 2.15. The van der Waals surface area contributed by atoms with Crippen molar-refractivity contribution in [2.24, 2.45) is 0 Å². The Kier molecular flexibility index (Phi) is 22.9. The van der Waals surface area contributed by atoms with Gasteiger partial charge in [0.1, 0.15) is 12.0 Å². The number of rotatable bonds is 24. The third-order valence-electron chi connectivity index (χ3n) is 7.06. The van der Waals surface area contributed by atoms with Crippen molar-refractivity contribution in [3.63, 3.8) is 0 Å². The molecule has 1 rings (SSSR count). The van der Waals surface area contributed by atoms with Gasteiger partial charge in [0.05, 0.1) is 33.8 Å². The van der Waals surface area contributed by atoms with E-state index in [0.29, 0.717) is 5.56 Å². The zero-order valence-corrected chi connectivity index (χ0v) is 25.0. The molecule has 0 amide bonds. The van der Waals surface area contributed by atoms with Crippen LogP contribution in [0.25, 0.3) is 0 Å². The maximum absolute atomic E-state index is 10.7. The molecule has 0 radical (unpaired) electrons. The van der Waals surface area contributed by atoms with Crippen molar-refractivity contribution < 1.29 is 31.0 Å². The zero-order valence-electron chi connectivity index (χ0n) is 23.4. The van der Waals surface area contributed by atoms with Crippen LogP contribution in [0.15, 0.2) is 24.3 Å². The summed E-state index contributed by atoms with van der Waals surface area (Å²) in [6.07, 6.45) is 25.7. The van der Waals surface area contributed by atoms with Crippen molar-refractivity contribution in [2.75, 3.05) is 33.8 Å². The second kappa shape index (κ2) is 23.5.